The summed E-state index contributed by atoms with van der Waals surface area (Å²) in [6.07, 6.45) is 0.333. The molecule has 3 N–H and O–H groups in total. The summed E-state index contributed by atoms with van der Waals surface area (Å²) in [4.78, 5) is 25.6. The molecule has 2 unspecified atom stereocenters. The molecule has 2 aromatic rings. The molecular formula is C24H36N6O6. The van der Waals surface area contributed by atoms with E-state index in [9.17, 15) is 14.7 Å². The van der Waals surface area contributed by atoms with Gasteiger partial charge >= 0.3 is 5.97 Å². The zero-order chi connectivity index (χ0) is 26.2. The third kappa shape index (κ3) is 6.91. The number of rotatable bonds is 13. The molecule has 1 aliphatic heterocycles. The number of amides is 1. The molecule has 198 valence electrons. The first-order valence-corrected chi connectivity index (χ1v) is 12.1. The highest BCUT2D eigenvalue weighted by molar-refractivity contribution is 5.76. The standard InChI is InChI=1S/C24H36N6O6/c1-15(2)23(25-13-18(31)12-22(33)34)24-26-27-28-30(24)8-5-6-21(32)29-9-7-16-10-19(35-3)20(36-4)11-17(16)14-29/h10-11,15,18,23,25,31H,5-9,12-14H2,1-4H3,(H,33,34). The van der Waals surface area contributed by atoms with Crippen LogP contribution in [0.15, 0.2) is 12.1 Å². The lowest BCUT2D eigenvalue weighted by Gasteiger charge is -2.29. The number of carbonyl (C=O) groups excluding carboxylic acids is 1. The average molecular weight is 505 g/mol. The lowest BCUT2D eigenvalue weighted by atomic mass is 9.98. The molecule has 1 aliphatic rings. The van der Waals surface area contributed by atoms with E-state index in [0.29, 0.717) is 49.8 Å². The van der Waals surface area contributed by atoms with Gasteiger partial charge in [0.15, 0.2) is 17.3 Å². The number of carboxylic acids is 1. The first-order chi connectivity index (χ1) is 17.2. The van der Waals surface area contributed by atoms with Crippen LogP contribution >= 0.6 is 0 Å². The summed E-state index contributed by atoms with van der Waals surface area (Å²) in [5.74, 6) is 1.04. The van der Waals surface area contributed by atoms with E-state index in [1.165, 1.54) is 0 Å². The van der Waals surface area contributed by atoms with Crippen LogP contribution in [0.1, 0.15) is 56.1 Å². The Morgan fingerprint density at radius 2 is 1.86 bits per heavy atom. The maximum atomic E-state index is 12.9. The molecule has 0 spiro atoms. The Labute approximate surface area is 210 Å². The molecule has 1 aromatic heterocycles. The minimum Gasteiger partial charge on any atom is -0.493 e. The van der Waals surface area contributed by atoms with Crippen LogP contribution in [-0.2, 0) is 29.1 Å². The van der Waals surface area contributed by atoms with Crippen molar-refractivity contribution in [2.75, 3.05) is 27.3 Å². The van der Waals surface area contributed by atoms with Gasteiger partial charge in [0.2, 0.25) is 5.91 Å². The van der Waals surface area contributed by atoms with Crippen LogP contribution in [0.3, 0.4) is 0 Å². The fourth-order valence-electron chi connectivity index (χ4n) is 4.39. The number of nitrogens with one attached hydrogen (secondary N) is 1. The zero-order valence-corrected chi connectivity index (χ0v) is 21.3. The number of ether oxygens (including phenoxy) is 2. The lowest BCUT2D eigenvalue weighted by molar-refractivity contribution is -0.139. The number of aliphatic carboxylic acids is 1. The molecule has 0 fully saturated rings. The van der Waals surface area contributed by atoms with Gasteiger partial charge in [-0.2, -0.15) is 0 Å². The van der Waals surface area contributed by atoms with Crippen LogP contribution in [0.4, 0.5) is 0 Å². The number of hydrogen-bond acceptors (Lipinski definition) is 9. The van der Waals surface area contributed by atoms with Crippen molar-refractivity contribution in [2.45, 2.75) is 64.8 Å². The molecule has 0 bridgehead atoms. The average Bonchev–Trinajstić information content (AvgIpc) is 3.30. The van der Waals surface area contributed by atoms with Gasteiger partial charge in [-0.25, -0.2) is 4.68 Å². The molecule has 2 atom stereocenters. The van der Waals surface area contributed by atoms with E-state index in [-0.39, 0.29) is 30.8 Å². The number of fused-ring (bicyclic) bond motifs is 1. The highest BCUT2D eigenvalue weighted by Crippen LogP contribution is 2.33. The first-order valence-electron chi connectivity index (χ1n) is 12.1. The van der Waals surface area contributed by atoms with Crippen molar-refractivity contribution < 1.29 is 29.3 Å². The van der Waals surface area contributed by atoms with E-state index in [4.69, 9.17) is 14.6 Å². The molecule has 1 aromatic carbocycles. The van der Waals surface area contributed by atoms with E-state index in [1.54, 1.807) is 18.9 Å². The van der Waals surface area contributed by atoms with Gasteiger partial charge in [-0.15, -0.1) is 5.10 Å². The summed E-state index contributed by atoms with van der Waals surface area (Å²) < 4.78 is 12.5. The maximum absolute atomic E-state index is 12.9. The van der Waals surface area contributed by atoms with Crippen LogP contribution < -0.4 is 14.8 Å². The van der Waals surface area contributed by atoms with Crippen molar-refractivity contribution in [3.8, 4) is 11.5 Å². The van der Waals surface area contributed by atoms with Crippen LogP contribution in [-0.4, -0.2) is 80.6 Å². The lowest BCUT2D eigenvalue weighted by Crippen LogP contribution is -2.36. The quantitative estimate of drug-likeness (QED) is 0.362. The molecule has 0 saturated heterocycles. The molecule has 0 saturated carbocycles. The largest absolute Gasteiger partial charge is 0.493 e. The van der Waals surface area contributed by atoms with Crippen molar-refractivity contribution in [3.63, 3.8) is 0 Å². The topological polar surface area (TPSA) is 152 Å². The van der Waals surface area contributed by atoms with Crippen LogP contribution in [0.2, 0.25) is 0 Å². The number of aliphatic hydroxyl groups is 1. The van der Waals surface area contributed by atoms with E-state index in [1.807, 2.05) is 30.9 Å². The SMILES string of the molecule is COc1cc2c(cc1OC)CN(C(=O)CCCn1nnnc1C(NCC(O)CC(=O)O)C(C)C)CC2. The Balaban J connectivity index is 1.55. The third-order valence-electron chi connectivity index (χ3n) is 6.32. The van der Waals surface area contributed by atoms with E-state index >= 15 is 0 Å². The number of aryl methyl sites for hydroxylation is 1. The smallest absolute Gasteiger partial charge is 0.306 e. The molecule has 1 amide bonds. The van der Waals surface area contributed by atoms with Crippen molar-refractivity contribution in [3.05, 3.63) is 29.1 Å². The number of nitrogens with zero attached hydrogens (tertiary/aromatic N) is 5. The molecular weight excluding hydrogens is 468 g/mol. The second-order valence-electron chi connectivity index (χ2n) is 9.29. The Kier molecular flexibility index (Phi) is 9.59. The summed E-state index contributed by atoms with van der Waals surface area (Å²) in [6.45, 7) is 5.73. The molecule has 0 radical (unpaired) electrons. The summed E-state index contributed by atoms with van der Waals surface area (Å²) >= 11 is 0. The van der Waals surface area contributed by atoms with E-state index in [2.05, 4.69) is 20.8 Å². The van der Waals surface area contributed by atoms with Crippen molar-refractivity contribution in [2.24, 2.45) is 5.92 Å². The summed E-state index contributed by atoms with van der Waals surface area (Å²) in [5.41, 5.74) is 2.22. The number of benzene rings is 1. The summed E-state index contributed by atoms with van der Waals surface area (Å²) in [7, 11) is 3.21. The number of hydrogen-bond donors (Lipinski definition) is 3. The fraction of sp³-hybridized carbons (Fsp3) is 0.625. The summed E-state index contributed by atoms with van der Waals surface area (Å²) in [6, 6.07) is 3.65. The Bertz CT molecular complexity index is 1040. The van der Waals surface area contributed by atoms with Gasteiger partial charge in [0.05, 0.1) is 32.8 Å². The van der Waals surface area contributed by atoms with Crippen LogP contribution in [0.25, 0.3) is 0 Å². The monoisotopic (exact) mass is 504 g/mol. The molecule has 36 heavy (non-hydrogen) atoms. The molecule has 12 heteroatoms. The van der Waals surface area contributed by atoms with Gasteiger partial charge in [0.25, 0.3) is 0 Å². The predicted molar refractivity (Wildman–Crippen MR) is 130 cm³/mol. The number of carboxylic acid groups (broad SMARTS) is 1. The molecule has 0 aliphatic carbocycles. The maximum Gasteiger partial charge on any atom is 0.306 e. The van der Waals surface area contributed by atoms with Gasteiger partial charge in [0, 0.05) is 32.6 Å². The highest BCUT2D eigenvalue weighted by atomic mass is 16.5. The predicted octanol–water partition coefficient (Wildman–Crippen LogP) is 1.18. The van der Waals surface area contributed by atoms with E-state index < -0.39 is 12.1 Å². The summed E-state index contributed by atoms with van der Waals surface area (Å²) in [5, 5.41) is 33.9. The van der Waals surface area contributed by atoms with Crippen LogP contribution in [0, 0.1) is 5.92 Å². The second kappa shape index (κ2) is 12.6. The Morgan fingerprint density at radius 1 is 1.17 bits per heavy atom. The van der Waals surface area contributed by atoms with Gasteiger partial charge in [-0.1, -0.05) is 13.8 Å². The number of aliphatic hydroxyl groups excluding tert-OH is 1. The number of aromatic nitrogens is 4. The van der Waals surface area contributed by atoms with Crippen molar-refractivity contribution >= 4 is 11.9 Å². The molecule has 3 rings (SSSR count). The van der Waals surface area contributed by atoms with Gasteiger partial charge < -0.3 is 29.9 Å². The fourth-order valence-corrected chi connectivity index (χ4v) is 4.39. The van der Waals surface area contributed by atoms with Crippen LogP contribution in [0.5, 0.6) is 11.5 Å². The van der Waals surface area contributed by atoms with Crippen molar-refractivity contribution in [1.82, 2.24) is 30.4 Å². The zero-order valence-electron chi connectivity index (χ0n) is 21.3. The van der Waals surface area contributed by atoms with E-state index in [0.717, 1.165) is 17.5 Å². The number of tetrazole rings is 1. The van der Waals surface area contributed by atoms with Gasteiger partial charge in [-0.05, 0) is 52.4 Å². The van der Waals surface area contributed by atoms with Gasteiger partial charge in [-0.3, -0.25) is 9.59 Å². The second-order valence-corrected chi connectivity index (χ2v) is 9.29. The molecule has 12 nitrogen and oxygen atoms in total. The third-order valence-corrected chi connectivity index (χ3v) is 6.32. The number of carbonyl (C=O) groups is 2. The Morgan fingerprint density at radius 3 is 2.50 bits per heavy atom. The minimum absolute atomic E-state index is 0.0698. The Hall–Kier alpha value is -3.25. The van der Waals surface area contributed by atoms with Gasteiger partial charge in [0.1, 0.15) is 0 Å². The highest BCUT2D eigenvalue weighted by Gasteiger charge is 2.25. The minimum atomic E-state index is -1.06. The first kappa shape index (κ1) is 27.3. The normalized spacial score (nSPS) is 14.9. The number of methoxy groups -OCH3 is 2. The van der Waals surface area contributed by atoms with Crippen molar-refractivity contribution in [1.29, 1.82) is 0 Å². The molecule has 2 heterocycles.